The number of carbonyl (C=O) groups is 1. The topological polar surface area (TPSA) is 45.7 Å². The first-order valence-corrected chi connectivity index (χ1v) is 11.0. The van der Waals surface area contributed by atoms with Crippen molar-refractivity contribution in [3.8, 4) is 5.75 Å². The molecular formula is C23H30ClN3O2S. The van der Waals surface area contributed by atoms with E-state index in [4.69, 9.17) is 9.72 Å². The van der Waals surface area contributed by atoms with Crippen molar-refractivity contribution in [1.82, 2.24) is 9.88 Å². The predicted octanol–water partition coefficient (Wildman–Crippen LogP) is 5.41. The number of aromatic nitrogens is 1. The first kappa shape index (κ1) is 24.1. The minimum Gasteiger partial charge on any atom is -0.492 e. The van der Waals surface area contributed by atoms with Gasteiger partial charge in [-0.05, 0) is 51.2 Å². The fourth-order valence-corrected chi connectivity index (χ4v) is 4.22. The summed E-state index contributed by atoms with van der Waals surface area (Å²) in [5.41, 5.74) is 2.64. The van der Waals surface area contributed by atoms with Crippen LogP contribution in [-0.2, 0) is 0 Å². The third kappa shape index (κ3) is 5.50. The average molecular weight is 448 g/mol. The third-order valence-corrected chi connectivity index (χ3v) is 6.02. The number of likely N-dealkylation sites (N-methyl/N-ethyl adjacent to an activating group) is 1. The molecule has 2 aromatic carbocycles. The number of para-hydroxylation sites is 1. The first-order valence-electron chi connectivity index (χ1n) is 10.2. The van der Waals surface area contributed by atoms with Gasteiger partial charge in [-0.1, -0.05) is 48.9 Å². The Labute approximate surface area is 189 Å². The molecule has 0 aliphatic heterocycles. The number of fused-ring (bicyclic) bond motifs is 1. The van der Waals surface area contributed by atoms with Gasteiger partial charge >= 0.3 is 0 Å². The number of carbonyl (C=O) groups excluding carboxylic acids is 1. The van der Waals surface area contributed by atoms with E-state index in [1.54, 1.807) is 0 Å². The van der Waals surface area contributed by atoms with E-state index in [0.717, 1.165) is 41.2 Å². The molecule has 5 nitrogen and oxygen atoms in total. The van der Waals surface area contributed by atoms with Crippen LogP contribution in [0.2, 0.25) is 0 Å². The number of aryl methyl sites for hydroxylation is 1. The van der Waals surface area contributed by atoms with E-state index in [1.165, 1.54) is 11.3 Å². The van der Waals surface area contributed by atoms with E-state index >= 15 is 0 Å². The largest absolute Gasteiger partial charge is 0.492 e. The van der Waals surface area contributed by atoms with Gasteiger partial charge in [-0.25, -0.2) is 4.98 Å². The Bertz CT molecular complexity index is 955. The van der Waals surface area contributed by atoms with Crippen LogP contribution in [-0.4, -0.2) is 48.6 Å². The monoisotopic (exact) mass is 447 g/mol. The highest BCUT2D eigenvalue weighted by atomic mass is 35.5. The van der Waals surface area contributed by atoms with Crippen molar-refractivity contribution >= 4 is 45.0 Å². The Hall–Kier alpha value is -2.15. The molecule has 0 aliphatic rings. The average Bonchev–Trinajstić information content (AvgIpc) is 3.16. The summed E-state index contributed by atoms with van der Waals surface area (Å²) in [5.74, 6) is 0.744. The Morgan fingerprint density at radius 2 is 1.73 bits per heavy atom. The van der Waals surface area contributed by atoms with Gasteiger partial charge in [0.25, 0.3) is 5.91 Å². The molecule has 0 fully saturated rings. The zero-order valence-corrected chi connectivity index (χ0v) is 19.7. The van der Waals surface area contributed by atoms with Gasteiger partial charge in [0.2, 0.25) is 0 Å². The van der Waals surface area contributed by atoms with Crippen molar-refractivity contribution < 1.29 is 9.53 Å². The van der Waals surface area contributed by atoms with E-state index in [2.05, 4.69) is 18.7 Å². The number of rotatable bonds is 9. The molecule has 7 heteroatoms. The van der Waals surface area contributed by atoms with Gasteiger partial charge in [0.05, 0.1) is 11.3 Å². The number of hydrogen-bond donors (Lipinski definition) is 0. The van der Waals surface area contributed by atoms with E-state index < -0.39 is 0 Å². The van der Waals surface area contributed by atoms with Gasteiger partial charge in [0, 0.05) is 18.7 Å². The number of nitrogens with zero attached hydrogens (tertiary/aromatic N) is 3. The lowest BCUT2D eigenvalue weighted by atomic mass is 10.1. The van der Waals surface area contributed by atoms with Gasteiger partial charge in [-0.2, -0.15) is 0 Å². The van der Waals surface area contributed by atoms with Crippen LogP contribution in [0.15, 0.2) is 42.5 Å². The summed E-state index contributed by atoms with van der Waals surface area (Å²) < 4.78 is 6.76. The summed E-state index contributed by atoms with van der Waals surface area (Å²) >= 11 is 1.53. The first-order chi connectivity index (χ1) is 14.1. The van der Waals surface area contributed by atoms with Gasteiger partial charge in [0.1, 0.15) is 11.3 Å². The maximum atomic E-state index is 13.4. The molecule has 1 amide bonds. The molecule has 1 aromatic heterocycles. The number of amides is 1. The van der Waals surface area contributed by atoms with Crippen molar-refractivity contribution in [2.24, 2.45) is 0 Å². The summed E-state index contributed by atoms with van der Waals surface area (Å²) in [7, 11) is 0. The van der Waals surface area contributed by atoms with E-state index in [0.29, 0.717) is 23.8 Å². The van der Waals surface area contributed by atoms with Crippen molar-refractivity contribution in [2.45, 2.75) is 27.7 Å². The highest BCUT2D eigenvalue weighted by Gasteiger charge is 2.22. The molecule has 0 radical (unpaired) electrons. The highest BCUT2D eigenvalue weighted by Crippen LogP contribution is 2.34. The molecule has 0 bridgehead atoms. The summed E-state index contributed by atoms with van der Waals surface area (Å²) in [6.45, 7) is 12.2. The van der Waals surface area contributed by atoms with Crippen LogP contribution >= 0.6 is 23.7 Å². The predicted molar refractivity (Wildman–Crippen MR) is 129 cm³/mol. The van der Waals surface area contributed by atoms with Gasteiger partial charge in [-0.3, -0.25) is 9.69 Å². The Kier molecular flexibility index (Phi) is 9.08. The fraction of sp³-hybridized carbons (Fsp3) is 0.391. The smallest absolute Gasteiger partial charge is 0.260 e. The standard InChI is InChI=1S/C23H29N3O2S.ClH/c1-5-25(6-2)15-16-26(22(27)18-13-11-17(4)12-14-18)23-24-21-19(28-7-3)9-8-10-20(21)29-23;/h8-14H,5-7,15-16H2,1-4H3;1H. The molecule has 30 heavy (non-hydrogen) atoms. The van der Waals surface area contributed by atoms with Crippen molar-refractivity contribution in [3.05, 3.63) is 53.6 Å². The molecular weight excluding hydrogens is 418 g/mol. The van der Waals surface area contributed by atoms with Crippen molar-refractivity contribution in [2.75, 3.05) is 37.7 Å². The highest BCUT2D eigenvalue weighted by molar-refractivity contribution is 7.22. The van der Waals surface area contributed by atoms with Crippen LogP contribution in [0.5, 0.6) is 5.75 Å². The van der Waals surface area contributed by atoms with Crippen LogP contribution in [0, 0.1) is 6.92 Å². The Balaban J connectivity index is 0.00000320. The second-order valence-corrected chi connectivity index (χ2v) is 7.89. The molecule has 0 N–H and O–H groups in total. The van der Waals surface area contributed by atoms with Crippen molar-refractivity contribution in [1.29, 1.82) is 0 Å². The summed E-state index contributed by atoms with van der Waals surface area (Å²) in [4.78, 5) is 22.3. The molecule has 1 heterocycles. The maximum Gasteiger partial charge on any atom is 0.260 e. The number of ether oxygens (including phenoxy) is 1. The van der Waals surface area contributed by atoms with Gasteiger partial charge < -0.3 is 9.64 Å². The van der Waals surface area contributed by atoms with Crippen LogP contribution in [0.25, 0.3) is 10.2 Å². The summed E-state index contributed by atoms with van der Waals surface area (Å²) in [6, 6.07) is 13.7. The van der Waals surface area contributed by atoms with E-state index in [-0.39, 0.29) is 18.3 Å². The molecule has 0 atom stereocenters. The minimum atomic E-state index is -0.0193. The molecule has 0 saturated carbocycles. The van der Waals surface area contributed by atoms with Gasteiger partial charge in [-0.15, -0.1) is 12.4 Å². The number of benzene rings is 2. The van der Waals surface area contributed by atoms with E-state index in [9.17, 15) is 4.79 Å². The van der Waals surface area contributed by atoms with Crippen LogP contribution < -0.4 is 9.64 Å². The van der Waals surface area contributed by atoms with Crippen LogP contribution in [0.3, 0.4) is 0 Å². The minimum absolute atomic E-state index is 0. The zero-order valence-electron chi connectivity index (χ0n) is 18.1. The maximum absolute atomic E-state index is 13.4. The summed E-state index contributed by atoms with van der Waals surface area (Å²) in [6.07, 6.45) is 0. The SMILES string of the molecule is CCOc1cccc2sc(N(CCN(CC)CC)C(=O)c3ccc(C)cc3)nc12.Cl. The molecule has 0 saturated heterocycles. The summed E-state index contributed by atoms with van der Waals surface area (Å²) in [5, 5.41) is 0.713. The lowest BCUT2D eigenvalue weighted by Gasteiger charge is -2.24. The van der Waals surface area contributed by atoms with Crippen LogP contribution in [0.4, 0.5) is 5.13 Å². The lowest BCUT2D eigenvalue weighted by molar-refractivity contribution is 0.0983. The number of anilines is 1. The number of hydrogen-bond acceptors (Lipinski definition) is 5. The molecule has 0 unspecified atom stereocenters. The molecule has 3 aromatic rings. The quantitative estimate of drug-likeness (QED) is 0.439. The molecule has 0 aliphatic carbocycles. The second kappa shape index (κ2) is 11.3. The number of halogens is 1. The van der Waals surface area contributed by atoms with E-state index in [1.807, 2.05) is 61.2 Å². The van der Waals surface area contributed by atoms with Gasteiger partial charge in [0.15, 0.2) is 5.13 Å². The number of thiazole rings is 1. The van der Waals surface area contributed by atoms with Crippen molar-refractivity contribution in [3.63, 3.8) is 0 Å². The normalized spacial score (nSPS) is 10.8. The Morgan fingerprint density at radius 1 is 1.03 bits per heavy atom. The fourth-order valence-electron chi connectivity index (χ4n) is 3.22. The molecule has 162 valence electrons. The third-order valence-electron chi connectivity index (χ3n) is 4.98. The zero-order chi connectivity index (χ0) is 20.8. The Morgan fingerprint density at radius 3 is 2.37 bits per heavy atom. The molecule has 3 rings (SSSR count). The molecule has 0 spiro atoms. The lowest BCUT2D eigenvalue weighted by Crippen LogP contribution is -2.38. The van der Waals surface area contributed by atoms with Crippen LogP contribution in [0.1, 0.15) is 36.7 Å². The second-order valence-electron chi connectivity index (χ2n) is 6.88.